The van der Waals surface area contributed by atoms with E-state index in [1.54, 1.807) is 48.7 Å². The number of aliphatic carboxylic acids is 1. The van der Waals surface area contributed by atoms with Gasteiger partial charge in [0.15, 0.2) is 11.9 Å². The highest BCUT2D eigenvalue weighted by Crippen LogP contribution is 2.25. The van der Waals surface area contributed by atoms with Crippen molar-refractivity contribution in [3.05, 3.63) is 102 Å². The topological polar surface area (TPSA) is 432 Å². The summed E-state index contributed by atoms with van der Waals surface area (Å²) in [5.41, 5.74) is 30.6. The number of guanidine groups is 2. The average Bonchev–Trinajstić information content (AvgIpc) is 3.80. The number of phenols is 1. The molecule has 1 aromatic heterocycles. The van der Waals surface area contributed by atoms with E-state index in [1.807, 2.05) is 24.3 Å². The largest absolute Gasteiger partial charge is 0.508 e. The molecule has 25 nitrogen and oxygen atoms in total. The van der Waals surface area contributed by atoms with Crippen LogP contribution in [0.5, 0.6) is 5.75 Å². The lowest BCUT2D eigenvalue weighted by Gasteiger charge is -2.28. The van der Waals surface area contributed by atoms with Crippen LogP contribution < -0.4 is 65.9 Å². The highest BCUT2D eigenvalue weighted by atomic mass is 33.1. The van der Waals surface area contributed by atoms with Crippen molar-refractivity contribution in [1.82, 2.24) is 42.2 Å². The van der Waals surface area contributed by atoms with Gasteiger partial charge in [0.05, 0.1) is 12.6 Å². The van der Waals surface area contributed by atoms with Crippen LogP contribution in [-0.2, 0) is 57.6 Å². The second-order valence-corrected chi connectivity index (χ2v) is 20.2. The van der Waals surface area contributed by atoms with Crippen LogP contribution in [0.3, 0.4) is 0 Å². The SMILES string of the molecule is NC(N)=NCCC[C@@H](NC(=O)[C@@H](CCCN=C(N)N)NC(=O)CNC(=O)[C@@H]1CSSC[C@H](NC(=O)[C@@H](N)Cc2ccc(O)cc2)C(=O)N[C@@H](Cc2c[nH]c3ccccc23)C(=O)N[C@@H](Cc2ccccc2)C(=O)N1)C(=O)O. The van der Waals surface area contributed by atoms with E-state index in [4.69, 9.17) is 28.7 Å². The number of H-pyrrole nitrogens is 1. The first-order valence-electron chi connectivity index (χ1n) is 24.2. The molecule has 0 unspecified atom stereocenters. The number of carbonyl (C=O) groups is 8. The molecule has 1 aliphatic heterocycles. The molecule has 0 aliphatic carbocycles. The lowest BCUT2D eigenvalue weighted by atomic mass is 10.0. The maximum Gasteiger partial charge on any atom is 0.326 e. The number of fused-ring (bicyclic) bond motifs is 1. The monoisotopic (exact) mass is 1090 g/mol. The molecule has 7 atom stereocenters. The fourth-order valence-corrected chi connectivity index (χ4v) is 10.1. The molecular weight excluding hydrogens is 1020 g/mol. The number of nitrogens with one attached hydrogen (secondary N) is 8. The zero-order chi connectivity index (χ0) is 55.1. The van der Waals surface area contributed by atoms with Gasteiger partial charge >= 0.3 is 5.97 Å². The van der Waals surface area contributed by atoms with E-state index in [2.05, 4.69) is 52.2 Å². The van der Waals surface area contributed by atoms with Gasteiger partial charge in [0, 0.05) is 54.5 Å². The standard InChI is InChI=1S/C49H65N15O10S2/c50-32(20-28-14-16-30(65)17-15-28)41(67)63-39-26-76-75-25-38(42(68)58-24-40(66)59-34(12-6-18-55-48(51)52)43(69)60-35(47(73)74)13-7-19-56-49(53)54)64-44(70)36(21-27-8-2-1-3-9-27)61-45(71)37(62-46(39)72)22-29-23-57-33-11-5-4-10-31(29)33/h1-5,8-11,14-17,23,32,34-39,57,65H,6-7,12-13,18-22,24-26,50H2,(H,58,68)(H,59,66)(H,60,69)(H,61,71)(H,62,72)(H,63,67)(H,64,70)(H,73,74)(H4,51,52,55)(H4,53,54,56)/t32-,34+,35+,36-,37-,38-,39-/m0/s1. The Balaban J connectivity index is 1.38. The Morgan fingerprint density at radius 3 is 1.97 bits per heavy atom. The highest BCUT2D eigenvalue weighted by molar-refractivity contribution is 8.76. The number of carboxylic acid groups (broad SMARTS) is 1. The van der Waals surface area contributed by atoms with Gasteiger partial charge in [0.25, 0.3) is 0 Å². The summed E-state index contributed by atoms with van der Waals surface area (Å²) in [6.45, 7) is -0.539. The Labute approximate surface area is 445 Å². The summed E-state index contributed by atoms with van der Waals surface area (Å²) in [6.07, 6.45) is 1.96. The number of carbonyl (C=O) groups excluding carboxylic acids is 7. The van der Waals surface area contributed by atoms with E-state index in [0.29, 0.717) is 16.7 Å². The first-order chi connectivity index (χ1) is 36.4. The number of carboxylic acids is 1. The Kier molecular flexibility index (Phi) is 23.0. The van der Waals surface area contributed by atoms with Crippen LogP contribution in [0.4, 0.5) is 0 Å². The van der Waals surface area contributed by atoms with Crippen LogP contribution in [0.1, 0.15) is 42.4 Å². The number of aromatic hydroxyl groups is 1. The number of amides is 7. The average molecular weight is 1090 g/mol. The third-order valence-electron chi connectivity index (χ3n) is 11.8. The number of para-hydroxylation sites is 1. The van der Waals surface area contributed by atoms with Crippen LogP contribution in [0.25, 0.3) is 10.9 Å². The van der Waals surface area contributed by atoms with Gasteiger partial charge in [0.1, 0.15) is 42.0 Å². The minimum absolute atomic E-state index is 0.0251. The molecule has 0 radical (unpaired) electrons. The number of nitrogens with zero attached hydrogens (tertiary/aromatic N) is 2. The van der Waals surface area contributed by atoms with Crippen LogP contribution in [0, 0.1) is 0 Å². The van der Waals surface area contributed by atoms with E-state index in [1.165, 1.54) is 12.1 Å². The van der Waals surface area contributed by atoms with E-state index in [-0.39, 0.29) is 87.2 Å². The van der Waals surface area contributed by atoms with Gasteiger partial charge in [-0.25, -0.2) is 4.79 Å². The summed E-state index contributed by atoms with van der Waals surface area (Å²) in [4.78, 5) is 121. The second kappa shape index (κ2) is 29.7. The molecule has 408 valence electrons. The molecule has 1 saturated heterocycles. The normalized spacial score (nSPS) is 18.4. The molecule has 1 fully saturated rings. The summed E-state index contributed by atoms with van der Waals surface area (Å²) >= 11 is 0. The van der Waals surface area contributed by atoms with Gasteiger partial charge in [-0.1, -0.05) is 82.3 Å². The molecule has 3 aromatic carbocycles. The Bertz CT molecular complexity index is 2700. The fraction of sp³-hybridized carbons (Fsp3) is 0.388. The molecule has 7 amide bonds. The first-order valence-corrected chi connectivity index (χ1v) is 26.6. The van der Waals surface area contributed by atoms with Gasteiger partial charge in [-0.05, 0) is 67.0 Å². The Morgan fingerprint density at radius 2 is 1.30 bits per heavy atom. The number of nitrogens with two attached hydrogens (primary N) is 5. The van der Waals surface area contributed by atoms with Gasteiger partial charge < -0.3 is 81.1 Å². The number of hydrogen-bond acceptors (Lipinski definition) is 14. The highest BCUT2D eigenvalue weighted by Gasteiger charge is 2.34. The van der Waals surface area contributed by atoms with Crippen molar-refractivity contribution in [3.8, 4) is 5.75 Å². The van der Waals surface area contributed by atoms with Crippen molar-refractivity contribution in [2.45, 2.75) is 87.2 Å². The second-order valence-electron chi connectivity index (χ2n) is 17.7. The minimum Gasteiger partial charge on any atom is -0.508 e. The van der Waals surface area contributed by atoms with Crippen molar-refractivity contribution in [2.24, 2.45) is 38.7 Å². The summed E-state index contributed by atoms with van der Waals surface area (Å²) < 4.78 is 0. The number of aromatic amines is 1. The molecule has 1 aliphatic rings. The summed E-state index contributed by atoms with van der Waals surface area (Å²) in [5, 5.41) is 38.8. The summed E-state index contributed by atoms with van der Waals surface area (Å²) in [6, 6.07) is 13.2. The number of phenolic OH excluding ortho intramolecular Hbond substituents is 1. The van der Waals surface area contributed by atoms with Gasteiger partial charge in [-0.15, -0.1) is 0 Å². The third-order valence-corrected chi connectivity index (χ3v) is 14.2. The first kappa shape index (κ1) is 58.8. The van der Waals surface area contributed by atoms with Crippen molar-refractivity contribution in [1.29, 1.82) is 0 Å². The lowest BCUT2D eigenvalue weighted by Crippen LogP contribution is -2.60. The predicted octanol–water partition coefficient (Wildman–Crippen LogP) is -2.16. The van der Waals surface area contributed by atoms with Gasteiger partial charge in [0.2, 0.25) is 41.4 Å². The summed E-state index contributed by atoms with van der Waals surface area (Å²) in [7, 11) is 2.14. The zero-order valence-corrected chi connectivity index (χ0v) is 43.0. The molecule has 27 heteroatoms. The molecular formula is C49H65N15O10S2. The van der Waals surface area contributed by atoms with Crippen LogP contribution in [0.15, 0.2) is 95.0 Å². The fourth-order valence-electron chi connectivity index (χ4n) is 7.80. The predicted molar refractivity (Wildman–Crippen MR) is 289 cm³/mol. The van der Waals surface area contributed by atoms with Crippen molar-refractivity contribution in [2.75, 3.05) is 31.1 Å². The molecule has 4 aromatic rings. The zero-order valence-electron chi connectivity index (χ0n) is 41.4. The smallest absolute Gasteiger partial charge is 0.326 e. The van der Waals surface area contributed by atoms with E-state index < -0.39 is 96.2 Å². The number of aliphatic imine (C=N–C) groups is 2. The van der Waals surface area contributed by atoms with Gasteiger partial charge in [-0.2, -0.15) is 0 Å². The van der Waals surface area contributed by atoms with E-state index in [9.17, 15) is 48.6 Å². The maximum absolute atomic E-state index is 14.6. The molecule has 5 rings (SSSR count). The molecule has 0 saturated carbocycles. The van der Waals surface area contributed by atoms with Crippen LogP contribution in [0.2, 0.25) is 0 Å². The van der Waals surface area contributed by atoms with E-state index >= 15 is 0 Å². The number of hydrogen-bond donors (Lipinski definition) is 15. The van der Waals surface area contributed by atoms with Crippen LogP contribution >= 0.6 is 21.6 Å². The molecule has 2 heterocycles. The number of aromatic nitrogens is 1. The van der Waals surface area contributed by atoms with Crippen molar-refractivity contribution < 1.29 is 48.6 Å². The summed E-state index contributed by atoms with van der Waals surface area (Å²) in [5.74, 6) is -7.45. The van der Waals surface area contributed by atoms with Crippen molar-refractivity contribution in [3.63, 3.8) is 0 Å². The maximum atomic E-state index is 14.6. The third kappa shape index (κ3) is 19.3. The molecule has 0 spiro atoms. The molecule has 76 heavy (non-hydrogen) atoms. The van der Waals surface area contributed by atoms with E-state index in [0.717, 1.165) is 32.5 Å². The minimum atomic E-state index is -1.37. The van der Waals surface area contributed by atoms with Crippen molar-refractivity contribution >= 4 is 91.7 Å². The lowest BCUT2D eigenvalue weighted by molar-refractivity contribution is -0.142. The molecule has 20 N–H and O–H groups in total. The Hall–Kier alpha value is -8.04. The number of benzene rings is 3. The molecule has 0 bridgehead atoms. The number of rotatable bonds is 23. The van der Waals surface area contributed by atoms with Crippen LogP contribution in [-0.4, -0.2) is 148 Å². The van der Waals surface area contributed by atoms with Gasteiger partial charge in [-0.3, -0.25) is 43.5 Å². The quantitative estimate of drug-likeness (QED) is 0.0163. The Morgan fingerprint density at radius 1 is 0.697 bits per heavy atom.